The highest BCUT2D eigenvalue weighted by atomic mass is 32.2. The Balaban J connectivity index is 1.97. The van der Waals surface area contributed by atoms with Crippen LogP contribution in [0.5, 0.6) is 0 Å². The van der Waals surface area contributed by atoms with Gasteiger partial charge in [0.1, 0.15) is 5.76 Å². The van der Waals surface area contributed by atoms with Crippen molar-refractivity contribution in [3.63, 3.8) is 0 Å². The Labute approximate surface area is 108 Å². The number of thioether (sulfide) groups is 1. The Morgan fingerprint density at radius 3 is 3.12 bits per heavy atom. The van der Waals surface area contributed by atoms with E-state index in [0.29, 0.717) is 0 Å². The highest BCUT2D eigenvalue weighted by Crippen LogP contribution is 2.23. The van der Waals surface area contributed by atoms with Crippen molar-refractivity contribution < 1.29 is 9.47 Å². The Kier molecular flexibility index (Phi) is 5.68. The van der Waals surface area contributed by atoms with Crippen LogP contribution in [0.25, 0.3) is 0 Å². The largest absolute Gasteiger partial charge is 0.496 e. The SMILES string of the molecule is CCCNC(C1=CCCCO1)C1CSCCO1. The Morgan fingerprint density at radius 2 is 2.47 bits per heavy atom. The molecule has 0 aromatic heterocycles. The molecule has 1 saturated heterocycles. The van der Waals surface area contributed by atoms with Crippen LogP contribution in [0, 0.1) is 0 Å². The summed E-state index contributed by atoms with van der Waals surface area (Å²) in [5.41, 5.74) is 0. The molecule has 0 aromatic rings. The van der Waals surface area contributed by atoms with E-state index in [1.165, 1.54) is 0 Å². The van der Waals surface area contributed by atoms with E-state index in [9.17, 15) is 0 Å². The second-order valence-corrected chi connectivity index (χ2v) is 5.66. The zero-order chi connectivity index (χ0) is 11.9. The Hall–Kier alpha value is -0.190. The lowest BCUT2D eigenvalue weighted by atomic mass is 10.1. The van der Waals surface area contributed by atoms with Gasteiger partial charge in [-0.15, -0.1) is 0 Å². The molecule has 17 heavy (non-hydrogen) atoms. The van der Waals surface area contributed by atoms with Crippen LogP contribution in [-0.2, 0) is 9.47 Å². The minimum atomic E-state index is 0.253. The maximum absolute atomic E-state index is 5.89. The first-order valence-corrected chi connectivity index (χ1v) is 7.83. The molecule has 2 rings (SSSR count). The number of hydrogen-bond donors (Lipinski definition) is 1. The second kappa shape index (κ2) is 7.29. The molecule has 0 saturated carbocycles. The van der Waals surface area contributed by atoms with Crippen molar-refractivity contribution in [2.75, 3.05) is 31.3 Å². The molecule has 0 aromatic carbocycles. The predicted molar refractivity (Wildman–Crippen MR) is 72.4 cm³/mol. The van der Waals surface area contributed by atoms with E-state index in [-0.39, 0.29) is 12.1 Å². The van der Waals surface area contributed by atoms with Crippen molar-refractivity contribution in [3.8, 4) is 0 Å². The molecule has 2 aliphatic heterocycles. The molecule has 0 radical (unpaired) electrons. The van der Waals surface area contributed by atoms with Crippen LogP contribution in [0.4, 0.5) is 0 Å². The standard InChI is InChI=1S/C13H23NO2S/c1-2-6-14-13(11-5-3-4-7-15-11)12-10-17-9-8-16-12/h5,12-14H,2-4,6-10H2,1H3. The van der Waals surface area contributed by atoms with Crippen molar-refractivity contribution in [2.45, 2.75) is 38.3 Å². The van der Waals surface area contributed by atoms with Gasteiger partial charge in [0.2, 0.25) is 0 Å². The van der Waals surface area contributed by atoms with E-state index in [2.05, 4.69) is 18.3 Å². The first kappa shape index (κ1) is 13.2. The van der Waals surface area contributed by atoms with E-state index < -0.39 is 0 Å². The van der Waals surface area contributed by atoms with Crippen LogP contribution < -0.4 is 5.32 Å². The van der Waals surface area contributed by atoms with Gasteiger partial charge in [0.15, 0.2) is 0 Å². The highest BCUT2D eigenvalue weighted by Gasteiger charge is 2.29. The summed E-state index contributed by atoms with van der Waals surface area (Å²) >= 11 is 1.98. The highest BCUT2D eigenvalue weighted by molar-refractivity contribution is 7.99. The summed E-state index contributed by atoms with van der Waals surface area (Å²) in [7, 11) is 0. The molecule has 1 N–H and O–H groups in total. The van der Waals surface area contributed by atoms with E-state index in [4.69, 9.17) is 9.47 Å². The molecule has 2 unspecified atom stereocenters. The zero-order valence-electron chi connectivity index (χ0n) is 10.6. The summed E-state index contributed by atoms with van der Waals surface area (Å²) in [5.74, 6) is 3.30. The molecule has 1 fully saturated rings. The lowest BCUT2D eigenvalue weighted by Gasteiger charge is -2.33. The smallest absolute Gasteiger partial charge is 0.112 e. The van der Waals surface area contributed by atoms with Crippen LogP contribution in [0.2, 0.25) is 0 Å². The van der Waals surface area contributed by atoms with Crippen molar-refractivity contribution in [2.24, 2.45) is 0 Å². The van der Waals surface area contributed by atoms with Crippen LogP contribution in [-0.4, -0.2) is 43.4 Å². The first-order chi connectivity index (χ1) is 8.42. The third kappa shape index (κ3) is 3.90. The minimum absolute atomic E-state index is 0.253. The topological polar surface area (TPSA) is 30.5 Å². The van der Waals surface area contributed by atoms with E-state index in [1.807, 2.05) is 11.8 Å². The molecule has 0 bridgehead atoms. The molecule has 0 spiro atoms. The van der Waals surface area contributed by atoms with E-state index in [0.717, 1.165) is 56.3 Å². The molecule has 2 aliphatic rings. The number of nitrogens with one attached hydrogen (secondary N) is 1. The quantitative estimate of drug-likeness (QED) is 0.818. The van der Waals surface area contributed by atoms with Gasteiger partial charge in [0.05, 0.1) is 25.4 Å². The average molecular weight is 257 g/mol. The summed E-state index contributed by atoms with van der Waals surface area (Å²) in [4.78, 5) is 0. The third-order valence-corrected chi connectivity index (χ3v) is 4.12. The summed E-state index contributed by atoms with van der Waals surface area (Å²) in [5, 5.41) is 3.58. The summed E-state index contributed by atoms with van der Waals surface area (Å²) < 4.78 is 11.7. The van der Waals surface area contributed by atoms with Gasteiger partial charge >= 0.3 is 0 Å². The maximum atomic E-state index is 5.89. The van der Waals surface area contributed by atoms with Gasteiger partial charge in [0, 0.05) is 11.5 Å². The minimum Gasteiger partial charge on any atom is -0.496 e. The molecule has 2 heterocycles. The van der Waals surface area contributed by atoms with Crippen LogP contribution >= 0.6 is 11.8 Å². The predicted octanol–water partition coefficient (Wildman–Crippen LogP) is 2.18. The summed E-state index contributed by atoms with van der Waals surface area (Å²) in [6, 6.07) is 0.253. The van der Waals surface area contributed by atoms with Crippen molar-refractivity contribution >= 4 is 11.8 Å². The zero-order valence-corrected chi connectivity index (χ0v) is 11.4. The number of allylic oxidation sites excluding steroid dienone is 1. The molecule has 0 aliphatic carbocycles. The fourth-order valence-electron chi connectivity index (χ4n) is 2.21. The van der Waals surface area contributed by atoms with Gasteiger partial charge in [-0.2, -0.15) is 11.8 Å². The van der Waals surface area contributed by atoms with Crippen molar-refractivity contribution in [3.05, 3.63) is 11.8 Å². The molecule has 3 nitrogen and oxygen atoms in total. The molecule has 4 heteroatoms. The van der Waals surface area contributed by atoms with E-state index in [1.54, 1.807) is 0 Å². The number of ether oxygens (including phenoxy) is 2. The van der Waals surface area contributed by atoms with Crippen LogP contribution in [0.3, 0.4) is 0 Å². The van der Waals surface area contributed by atoms with Gasteiger partial charge in [-0.25, -0.2) is 0 Å². The summed E-state index contributed by atoms with van der Waals surface area (Å²) in [6.45, 7) is 4.94. The fourth-order valence-corrected chi connectivity index (χ4v) is 3.11. The monoisotopic (exact) mass is 257 g/mol. The Morgan fingerprint density at radius 1 is 1.53 bits per heavy atom. The normalized spacial score (nSPS) is 27.1. The Bertz CT molecular complexity index is 252. The van der Waals surface area contributed by atoms with Gasteiger partial charge in [-0.1, -0.05) is 6.92 Å². The fraction of sp³-hybridized carbons (Fsp3) is 0.846. The lowest BCUT2D eigenvalue weighted by Crippen LogP contribution is -2.47. The van der Waals surface area contributed by atoms with Crippen LogP contribution in [0.1, 0.15) is 26.2 Å². The summed E-state index contributed by atoms with van der Waals surface area (Å²) in [6.07, 6.45) is 5.93. The molecular formula is C13H23NO2S. The number of hydrogen-bond acceptors (Lipinski definition) is 4. The molecule has 98 valence electrons. The van der Waals surface area contributed by atoms with E-state index >= 15 is 0 Å². The lowest BCUT2D eigenvalue weighted by molar-refractivity contribution is 0.0341. The third-order valence-electron chi connectivity index (χ3n) is 3.10. The van der Waals surface area contributed by atoms with Gasteiger partial charge in [-0.05, 0) is 31.9 Å². The molecular weight excluding hydrogens is 234 g/mol. The second-order valence-electron chi connectivity index (χ2n) is 4.51. The van der Waals surface area contributed by atoms with Gasteiger partial charge < -0.3 is 14.8 Å². The molecule has 0 amide bonds. The maximum Gasteiger partial charge on any atom is 0.112 e. The van der Waals surface area contributed by atoms with Crippen molar-refractivity contribution in [1.29, 1.82) is 0 Å². The molecule has 2 atom stereocenters. The van der Waals surface area contributed by atoms with Crippen LogP contribution in [0.15, 0.2) is 11.8 Å². The number of rotatable bonds is 5. The average Bonchev–Trinajstić information content (AvgIpc) is 2.42. The first-order valence-electron chi connectivity index (χ1n) is 6.67. The van der Waals surface area contributed by atoms with Gasteiger partial charge in [0.25, 0.3) is 0 Å². The van der Waals surface area contributed by atoms with Crippen molar-refractivity contribution in [1.82, 2.24) is 5.32 Å². The van der Waals surface area contributed by atoms with Gasteiger partial charge in [-0.3, -0.25) is 0 Å².